The van der Waals surface area contributed by atoms with Gasteiger partial charge in [-0.2, -0.15) is 0 Å². The first kappa shape index (κ1) is 39.6. The number of amides is 2. The molecule has 12 heteroatoms. The van der Waals surface area contributed by atoms with Crippen LogP contribution >= 0.6 is 0 Å². The van der Waals surface area contributed by atoms with E-state index in [1.807, 2.05) is 51.1 Å². The first-order valence-electron chi connectivity index (χ1n) is 16.9. The van der Waals surface area contributed by atoms with E-state index in [2.05, 4.69) is 10.6 Å². The first-order chi connectivity index (χ1) is 23.3. The summed E-state index contributed by atoms with van der Waals surface area (Å²) in [5.74, 6) is -3.47. The molecule has 5 N–H and O–H groups in total. The second-order valence-corrected chi connectivity index (χ2v) is 14.8. The average molecular weight is 701 g/mol. The maximum absolute atomic E-state index is 14.4. The number of aliphatic hydroxyl groups excluding tert-OH is 1. The number of para-hydroxylation sites is 1. The van der Waals surface area contributed by atoms with Crippen molar-refractivity contribution in [1.29, 1.82) is 0 Å². The van der Waals surface area contributed by atoms with Crippen molar-refractivity contribution in [2.24, 2.45) is 5.73 Å². The van der Waals surface area contributed by atoms with Gasteiger partial charge in [0.2, 0.25) is 11.8 Å². The Balaban J connectivity index is 1.94. The number of aryl methyl sites for hydroxylation is 1. The highest BCUT2D eigenvalue weighted by molar-refractivity contribution is 7.92. The molecule has 3 atom stereocenters. The average Bonchev–Trinajstić information content (AvgIpc) is 3.06. The number of halogens is 2. The number of anilines is 1. The topological polar surface area (TPSA) is 142 Å². The molecule has 0 fully saturated rings. The van der Waals surface area contributed by atoms with Gasteiger partial charge in [-0.05, 0) is 66.6 Å². The Kier molecular flexibility index (Phi) is 15.6. The van der Waals surface area contributed by atoms with Gasteiger partial charge in [-0.3, -0.25) is 9.59 Å². The monoisotopic (exact) mass is 700 g/mol. The second kappa shape index (κ2) is 19.4. The third-order valence-electron chi connectivity index (χ3n) is 8.37. The van der Waals surface area contributed by atoms with Gasteiger partial charge in [0, 0.05) is 30.9 Å². The molecule has 0 aliphatic carbocycles. The van der Waals surface area contributed by atoms with Crippen LogP contribution in [0.1, 0.15) is 63.1 Å². The normalized spacial score (nSPS) is 13.5. The van der Waals surface area contributed by atoms with Crippen molar-refractivity contribution in [3.63, 3.8) is 0 Å². The molecule has 3 rings (SSSR count). The number of carbonyl (C=O) groups excluding carboxylic acids is 2. The van der Waals surface area contributed by atoms with Crippen molar-refractivity contribution < 1.29 is 31.9 Å². The maximum Gasteiger partial charge on any atom is 0.246 e. The lowest BCUT2D eigenvalue weighted by Crippen LogP contribution is -2.56. The van der Waals surface area contributed by atoms with Crippen molar-refractivity contribution in [1.82, 2.24) is 10.2 Å². The molecule has 0 aromatic heterocycles. The number of carbonyl (C=O) groups is 2. The smallest absolute Gasteiger partial charge is 0.246 e. The van der Waals surface area contributed by atoms with Gasteiger partial charge in [0.05, 0.1) is 23.7 Å². The van der Waals surface area contributed by atoms with E-state index >= 15 is 0 Å². The second-order valence-electron chi connectivity index (χ2n) is 12.5. The Morgan fingerprint density at radius 3 is 2.12 bits per heavy atom. The summed E-state index contributed by atoms with van der Waals surface area (Å²) in [7, 11) is -3.86. The molecule has 268 valence electrons. The first-order valence-corrected chi connectivity index (χ1v) is 18.6. The van der Waals surface area contributed by atoms with Gasteiger partial charge in [-0.1, -0.05) is 76.1 Å². The SMILES string of the molecule is CCCC(CCC)S(=O)(=O)C[C@@H](NC(=O)CNc1ccccc1)C(=O)N(Cc1cccc(CC)c1)C[C@@H](O)[C@@H](N)Cc1cc(F)cc(F)c1. The maximum atomic E-state index is 14.4. The number of benzene rings is 3. The summed E-state index contributed by atoms with van der Waals surface area (Å²) >= 11 is 0. The van der Waals surface area contributed by atoms with Crippen LogP contribution in [0.15, 0.2) is 72.8 Å². The molecule has 0 aliphatic heterocycles. The lowest BCUT2D eigenvalue weighted by molar-refractivity contribution is -0.137. The van der Waals surface area contributed by atoms with Crippen molar-refractivity contribution in [2.75, 3.05) is 24.2 Å². The Hall–Kier alpha value is -3.87. The molecule has 9 nitrogen and oxygen atoms in total. The van der Waals surface area contributed by atoms with Gasteiger partial charge in [0.1, 0.15) is 17.7 Å². The van der Waals surface area contributed by atoms with Crippen LogP contribution in [0, 0.1) is 11.6 Å². The molecule has 0 aliphatic rings. The van der Waals surface area contributed by atoms with Crippen LogP contribution in [-0.2, 0) is 38.8 Å². The molecule has 49 heavy (non-hydrogen) atoms. The van der Waals surface area contributed by atoms with Gasteiger partial charge < -0.3 is 26.4 Å². The molecule has 0 radical (unpaired) electrons. The number of hydrogen-bond acceptors (Lipinski definition) is 7. The summed E-state index contributed by atoms with van der Waals surface area (Å²) in [6.45, 7) is 5.24. The largest absolute Gasteiger partial charge is 0.390 e. The van der Waals surface area contributed by atoms with Crippen LogP contribution in [0.2, 0.25) is 0 Å². The number of aliphatic hydroxyl groups is 1. The summed E-state index contributed by atoms with van der Waals surface area (Å²) in [6, 6.07) is 17.0. The summed E-state index contributed by atoms with van der Waals surface area (Å²) < 4.78 is 55.2. The van der Waals surface area contributed by atoms with Crippen LogP contribution in [-0.4, -0.2) is 72.5 Å². The number of nitrogens with zero attached hydrogens (tertiary/aromatic N) is 1. The van der Waals surface area contributed by atoms with Crippen molar-refractivity contribution >= 4 is 27.3 Å². The quantitative estimate of drug-likeness (QED) is 0.133. The summed E-state index contributed by atoms with van der Waals surface area (Å²) in [5, 5.41) is 16.2. The fourth-order valence-electron chi connectivity index (χ4n) is 5.79. The van der Waals surface area contributed by atoms with Gasteiger partial charge in [0.15, 0.2) is 9.84 Å². The predicted molar refractivity (Wildman–Crippen MR) is 190 cm³/mol. The number of nitrogens with one attached hydrogen (secondary N) is 2. The fourth-order valence-corrected chi connectivity index (χ4v) is 7.95. The molecule has 3 aromatic rings. The number of nitrogens with two attached hydrogens (primary N) is 1. The van der Waals surface area contributed by atoms with E-state index in [-0.39, 0.29) is 31.6 Å². The molecule has 3 aromatic carbocycles. The Morgan fingerprint density at radius 1 is 0.878 bits per heavy atom. The van der Waals surface area contributed by atoms with Crippen LogP contribution in [0.5, 0.6) is 0 Å². The number of hydrogen-bond donors (Lipinski definition) is 4. The van der Waals surface area contributed by atoms with Gasteiger partial charge >= 0.3 is 0 Å². The third-order valence-corrected chi connectivity index (χ3v) is 10.7. The molecular formula is C37H50F2N4O5S. The minimum absolute atomic E-state index is 0.00687. The number of rotatable bonds is 20. The van der Waals surface area contributed by atoms with Crippen LogP contribution in [0.4, 0.5) is 14.5 Å². The van der Waals surface area contributed by atoms with Crippen LogP contribution in [0.25, 0.3) is 0 Å². The highest BCUT2D eigenvalue weighted by Crippen LogP contribution is 2.19. The Bertz CT molecular complexity index is 1580. The Labute approximate surface area is 289 Å². The molecule has 0 heterocycles. The predicted octanol–water partition coefficient (Wildman–Crippen LogP) is 4.77. The summed E-state index contributed by atoms with van der Waals surface area (Å²) in [4.78, 5) is 28.9. The molecule has 0 bridgehead atoms. The zero-order valence-electron chi connectivity index (χ0n) is 28.6. The van der Waals surface area contributed by atoms with E-state index in [0.29, 0.717) is 31.4 Å². The standard InChI is InChI=1S/C37H50F2N4O5S/c1-4-11-32(12-5-2)49(47,48)25-34(42-36(45)22-41-31-15-8-7-9-16-31)37(46)43(23-27-14-10-13-26(6-3)17-27)24-35(44)33(40)20-28-18-29(38)21-30(39)19-28/h7-10,13-19,21,32-35,41,44H,4-6,11-12,20,22-25,40H2,1-3H3,(H,42,45)/t33-,34+,35+/m0/s1. The molecule has 0 unspecified atom stereocenters. The zero-order chi connectivity index (χ0) is 36.0. The minimum atomic E-state index is -3.86. The fraction of sp³-hybridized carbons (Fsp3) is 0.459. The lowest BCUT2D eigenvalue weighted by atomic mass is 10.0. The van der Waals surface area contributed by atoms with E-state index in [9.17, 15) is 31.9 Å². The molecule has 2 amide bonds. The molecule has 0 saturated heterocycles. The highest BCUT2D eigenvalue weighted by Gasteiger charge is 2.35. The summed E-state index contributed by atoms with van der Waals surface area (Å²) in [6.07, 6.45) is 1.40. The van der Waals surface area contributed by atoms with Crippen molar-refractivity contribution in [2.45, 2.75) is 89.3 Å². The van der Waals surface area contributed by atoms with Gasteiger partial charge in [0.25, 0.3) is 0 Å². The van der Waals surface area contributed by atoms with E-state index in [0.717, 1.165) is 35.7 Å². The molecular weight excluding hydrogens is 650 g/mol. The van der Waals surface area contributed by atoms with Crippen molar-refractivity contribution in [3.05, 3.63) is 101 Å². The van der Waals surface area contributed by atoms with Crippen LogP contribution < -0.4 is 16.4 Å². The minimum Gasteiger partial charge on any atom is -0.390 e. The van der Waals surface area contributed by atoms with E-state index in [1.165, 1.54) is 4.90 Å². The lowest BCUT2D eigenvalue weighted by Gasteiger charge is -2.32. The van der Waals surface area contributed by atoms with Crippen molar-refractivity contribution in [3.8, 4) is 0 Å². The zero-order valence-corrected chi connectivity index (χ0v) is 29.4. The summed E-state index contributed by atoms with van der Waals surface area (Å²) in [5.41, 5.74) is 8.94. The van der Waals surface area contributed by atoms with E-state index in [4.69, 9.17) is 5.73 Å². The van der Waals surface area contributed by atoms with Crippen LogP contribution in [0.3, 0.4) is 0 Å². The number of sulfone groups is 1. The van der Waals surface area contributed by atoms with Gasteiger partial charge in [-0.15, -0.1) is 0 Å². The van der Waals surface area contributed by atoms with E-state index in [1.54, 1.807) is 24.3 Å². The highest BCUT2D eigenvalue weighted by atomic mass is 32.2. The molecule has 0 saturated carbocycles. The van der Waals surface area contributed by atoms with E-state index < -0.39 is 62.5 Å². The molecule has 0 spiro atoms. The third kappa shape index (κ3) is 12.8. The van der Waals surface area contributed by atoms with Gasteiger partial charge in [-0.25, -0.2) is 17.2 Å². The Morgan fingerprint density at radius 2 is 1.51 bits per heavy atom.